The fourth-order valence-corrected chi connectivity index (χ4v) is 2.60. The molecule has 1 saturated carbocycles. The number of amides is 1. The first-order valence-corrected chi connectivity index (χ1v) is 7.52. The van der Waals surface area contributed by atoms with E-state index in [0.717, 1.165) is 30.4 Å². The molecule has 1 aliphatic carbocycles. The van der Waals surface area contributed by atoms with Crippen LogP contribution in [0, 0.1) is 13.8 Å². The number of hydrogen-bond acceptors (Lipinski definition) is 3. The van der Waals surface area contributed by atoms with Gasteiger partial charge in [0.2, 0.25) is 5.91 Å². The molecule has 0 spiro atoms. The van der Waals surface area contributed by atoms with Gasteiger partial charge in [0.25, 0.3) is 0 Å². The lowest BCUT2D eigenvalue weighted by atomic mass is 10.1. The van der Waals surface area contributed by atoms with Crippen molar-refractivity contribution in [1.82, 2.24) is 14.9 Å². The van der Waals surface area contributed by atoms with Crippen LogP contribution in [-0.2, 0) is 11.3 Å². The molecule has 21 heavy (non-hydrogen) atoms. The van der Waals surface area contributed by atoms with E-state index in [1.54, 1.807) is 0 Å². The van der Waals surface area contributed by atoms with E-state index in [9.17, 15) is 4.79 Å². The summed E-state index contributed by atoms with van der Waals surface area (Å²) in [6.07, 6.45) is 4.84. The van der Waals surface area contributed by atoms with Crippen LogP contribution >= 0.6 is 0 Å². The van der Waals surface area contributed by atoms with Gasteiger partial charge in [-0.3, -0.25) is 4.79 Å². The number of imidazole rings is 1. The van der Waals surface area contributed by atoms with Crippen LogP contribution in [-0.4, -0.2) is 27.5 Å². The highest BCUT2D eigenvalue weighted by molar-refractivity contribution is 5.80. The molecule has 1 fully saturated rings. The predicted molar refractivity (Wildman–Crippen MR) is 83.0 cm³/mol. The third-order valence-electron chi connectivity index (χ3n) is 4.25. The SMILES string of the molecule is Cc1cc2ncn(CCC(NC3CC3)C(N)=O)c2cc1C. The van der Waals surface area contributed by atoms with Gasteiger partial charge in [-0.15, -0.1) is 0 Å². The molecule has 1 aromatic heterocycles. The lowest BCUT2D eigenvalue weighted by Gasteiger charge is -2.15. The predicted octanol–water partition coefficient (Wildman–Crippen LogP) is 1.65. The number of carbonyl (C=O) groups excluding carboxylic acids is 1. The molecule has 1 aromatic carbocycles. The molecule has 0 aliphatic heterocycles. The molecule has 2 aromatic rings. The maximum Gasteiger partial charge on any atom is 0.234 e. The lowest BCUT2D eigenvalue weighted by molar-refractivity contribution is -0.120. The van der Waals surface area contributed by atoms with Gasteiger partial charge in [-0.25, -0.2) is 4.98 Å². The van der Waals surface area contributed by atoms with E-state index in [-0.39, 0.29) is 11.9 Å². The largest absolute Gasteiger partial charge is 0.368 e. The highest BCUT2D eigenvalue weighted by Gasteiger charge is 2.27. The maximum atomic E-state index is 11.5. The molecule has 0 radical (unpaired) electrons. The maximum absolute atomic E-state index is 11.5. The number of nitrogens with zero attached hydrogens (tertiary/aromatic N) is 2. The number of hydrogen-bond donors (Lipinski definition) is 2. The van der Waals surface area contributed by atoms with Gasteiger partial charge in [-0.2, -0.15) is 0 Å². The van der Waals surface area contributed by atoms with Crippen LogP contribution in [0.3, 0.4) is 0 Å². The second-order valence-electron chi connectivity index (χ2n) is 6.05. The average Bonchev–Trinajstić information content (AvgIpc) is 3.18. The Hall–Kier alpha value is -1.88. The molecule has 5 heteroatoms. The quantitative estimate of drug-likeness (QED) is 0.848. The van der Waals surface area contributed by atoms with Gasteiger partial charge in [-0.05, 0) is 56.4 Å². The summed E-state index contributed by atoms with van der Waals surface area (Å²) in [4.78, 5) is 16.0. The van der Waals surface area contributed by atoms with Crippen molar-refractivity contribution in [1.29, 1.82) is 0 Å². The Balaban J connectivity index is 1.74. The number of aromatic nitrogens is 2. The molecular weight excluding hydrogens is 264 g/mol. The van der Waals surface area contributed by atoms with E-state index in [1.807, 2.05) is 6.33 Å². The first-order chi connectivity index (χ1) is 10.0. The molecule has 1 amide bonds. The van der Waals surface area contributed by atoms with Crippen LogP contribution in [0.2, 0.25) is 0 Å². The summed E-state index contributed by atoms with van der Waals surface area (Å²) < 4.78 is 2.10. The van der Waals surface area contributed by atoms with E-state index >= 15 is 0 Å². The van der Waals surface area contributed by atoms with Crippen molar-refractivity contribution in [2.75, 3.05) is 0 Å². The number of nitrogens with one attached hydrogen (secondary N) is 1. The molecule has 5 nitrogen and oxygen atoms in total. The zero-order valence-corrected chi connectivity index (χ0v) is 12.6. The van der Waals surface area contributed by atoms with Crippen molar-refractivity contribution >= 4 is 16.9 Å². The van der Waals surface area contributed by atoms with E-state index < -0.39 is 0 Å². The van der Waals surface area contributed by atoms with Crippen LogP contribution in [0.25, 0.3) is 11.0 Å². The molecule has 1 unspecified atom stereocenters. The lowest BCUT2D eigenvalue weighted by Crippen LogP contribution is -2.43. The Labute approximate surface area is 124 Å². The summed E-state index contributed by atoms with van der Waals surface area (Å²) in [6, 6.07) is 4.49. The van der Waals surface area contributed by atoms with Gasteiger partial charge in [0.15, 0.2) is 0 Å². The molecule has 112 valence electrons. The number of fused-ring (bicyclic) bond motifs is 1. The first kappa shape index (κ1) is 14.1. The van der Waals surface area contributed by atoms with E-state index in [0.29, 0.717) is 12.5 Å². The monoisotopic (exact) mass is 286 g/mol. The van der Waals surface area contributed by atoms with Crippen molar-refractivity contribution in [2.45, 2.75) is 51.7 Å². The van der Waals surface area contributed by atoms with E-state index in [2.05, 4.69) is 40.8 Å². The third kappa shape index (κ3) is 3.08. The smallest absolute Gasteiger partial charge is 0.234 e. The number of benzene rings is 1. The van der Waals surface area contributed by atoms with Gasteiger partial charge in [0.1, 0.15) is 0 Å². The number of primary amides is 1. The minimum absolute atomic E-state index is 0.249. The minimum Gasteiger partial charge on any atom is -0.368 e. The van der Waals surface area contributed by atoms with Gasteiger partial charge in [0.05, 0.1) is 23.4 Å². The molecule has 1 heterocycles. The topological polar surface area (TPSA) is 72.9 Å². The fourth-order valence-electron chi connectivity index (χ4n) is 2.60. The molecule has 1 atom stereocenters. The number of aryl methyl sites for hydroxylation is 3. The Morgan fingerprint density at radius 1 is 1.43 bits per heavy atom. The summed E-state index contributed by atoms with van der Waals surface area (Å²) in [5, 5.41) is 3.31. The first-order valence-electron chi connectivity index (χ1n) is 7.52. The standard InChI is InChI=1S/C16H22N4O/c1-10-7-14-15(8-11(10)2)20(9-18-14)6-5-13(16(17)21)19-12-3-4-12/h7-9,12-13,19H,3-6H2,1-2H3,(H2,17,21). The second kappa shape index (κ2) is 5.48. The molecule has 0 saturated heterocycles. The molecule has 0 bridgehead atoms. The van der Waals surface area contributed by atoms with Crippen LogP contribution < -0.4 is 11.1 Å². The van der Waals surface area contributed by atoms with Crippen molar-refractivity contribution < 1.29 is 4.79 Å². The molecule has 3 N–H and O–H groups in total. The Morgan fingerprint density at radius 2 is 2.14 bits per heavy atom. The number of nitrogens with two attached hydrogens (primary N) is 1. The summed E-state index contributed by atoms with van der Waals surface area (Å²) >= 11 is 0. The summed E-state index contributed by atoms with van der Waals surface area (Å²) in [5.41, 5.74) is 10.1. The van der Waals surface area contributed by atoms with Crippen molar-refractivity contribution in [3.63, 3.8) is 0 Å². The minimum atomic E-state index is -0.265. The van der Waals surface area contributed by atoms with E-state index in [4.69, 9.17) is 5.73 Å². The fraction of sp³-hybridized carbons (Fsp3) is 0.500. The second-order valence-corrected chi connectivity index (χ2v) is 6.05. The summed E-state index contributed by atoms with van der Waals surface area (Å²) in [6.45, 7) is 4.94. The average molecular weight is 286 g/mol. The van der Waals surface area contributed by atoms with Gasteiger partial charge < -0.3 is 15.6 Å². The summed E-state index contributed by atoms with van der Waals surface area (Å²) in [5.74, 6) is -0.265. The Kier molecular flexibility index (Phi) is 3.68. The zero-order chi connectivity index (χ0) is 15.0. The summed E-state index contributed by atoms with van der Waals surface area (Å²) in [7, 11) is 0. The van der Waals surface area contributed by atoms with Crippen LogP contribution in [0.1, 0.15) is 30.4 Å². The Bertz CT molecular complexity index is 672. The normalized spacial score (nSPS) is 16.3. The zero-order valence-electron chi connectivity index (χ0n) is 12.6. The third-order valence-corrected chi connectivity index (χ3v) is 4.25. The van der Waals surface area contributed by atoms with Gasteiger partial charge >= 0.3 is 0 Å². The van der Waals surface area contributed by atoms with Crippen LogP contribution in [0.5, 0.6) is 0 Å². The van der Waals surface area contributed by atoms with Crippen molar-refractivity contribution in [3.05, 3.63) is 29.6 Å². The van der Waals surface area contributed by atoms with Crippen molar-refractivity contribution in [2.24, 2.45) is 5.73 Å². The molecule has 1 aliphatic rings. The highest BCUT2D eigenvalue weighted by atomic mass is 16.1. The van der Waals surface area contributed by atoms with Crippen molar-refractivity contribution in [3.8, 4) is 0 Å². The van der Waals surface area contributed by atoms with Crippen LogP contribution in [0.15, 0.2) is 18.5 Å². The number of carbonyl (C=O) groups is 1. The Morgan fingerprint density at radius 3 is 2.81 bits per heavy atom. The van der Waals surface area contributed by atoms with Crippen LogP contribution in [0.4, 0.5) is 0 Å². The van der Waals surface area contributed by atoms with Gasteiger partial charge in [0, 0.05) is 12.6 Å². The number of rotatable bonds is 6. The van der Waals surface area contributed by atoms with Gasteiger partial charge in [-0.1, -0.05) is 0 Å². The highest BCUT2D eigenvalue weighted by Crippen LogP contribution is 2.21. The van der Waals surface area contributed by atoms with E-state index in [1.165, 1.54) is 11.1 Å². The molecular formula is C16H22N4O. The molecule has 3 rings (SSSR count).